The van der Waals surface area contributed by atoms with Crippen molar-refractivity contribution in [1.82, 2.24) is 5.32 Å². The average molecular weight is 248 g/mol. The Bertz CT molecular complexity index is 374. The van der Waals surface area contributed by atoms with Crippen LogP contribution in [0.3, 0.4) is 0 Å². The first-order valence-electron chi connectivity index (χ1n) is 6.10. The number of nitrogens with one attached hydrogen (secondary N) is 2. The number of carbonyl (C=O) groups is 1. The highest BCUT2D eigenvalue weighted by Gasteiger charge is 1.99. The van der Waals surface area contributed by atoms with E-state index in [1.807, 2.05) is 31.2 Å². The molecule has 1 amide bonds. The predicted octanol–water partition coefficient (Wildman–Crippen LogP) is 2.19. The van der Waals surface area contributed by atoms with Crippen molar-refractivity contribution in [2.75, 3.05) is 25.0 Å². The number of anilines is 1. The highest BCUT2D eigenvalue weighted by atomic mass is 16.5. The Morgan fingerprint density at radius 3 is 2.72 bits per heavy atom. The zero-order valence-electron chi connectivity index (χ0n) is 10.7. The van der Waals surface area contributed by atoms with E-state index in [9.17, 15) is 4.79 Å². The minimum Gasteiger partial charge on any atom is -0.494 e. The quantitative estimate of drug-likeness (QED) is 0.693. The predicted molar refractivity (Wildman–Crippen MR) is 73.9 cm³/mol. The van der Waals surface area contributed by atoms with Crippen LogP contribution in [-0.2, 0) is 4.79 Å². The lowest BCUT2D eigenvalue weighted by Crippen LogP contribution is -2.25. The van der Waals surface area contributed by atoms with Crippen molar-refractivity contribution in [3.05, 3.63) is 36.9 Å². The van der Waals surface area contributed by atoms with E-state index in [-0.39, 0.29) is 5.91 Å². The lowest BCUT2D eigenvalue weighted by atomic mass is 10.3. The van der Waals surface area contributed by atoms with Gasteiger partial charge in [0.25, 0.3) is 0 Å². The molecule has 4 nitrogen and oxygen atoms in total. The van der Waals surface area contributed by atoms with E-state index in [0.717, 1.165) is 11.4 Å². The highest BCUT2D eigenvalue weighted by molar-refractivity contribution is 5.76. The summed E-state index contributed by atoms with van der Waals surface area (Å²) in [5.74, 6) is 0.875. The number of amides is 1. The zero-order valence-corrected chi connectivity index (χ0v) is 10.7. The smallest absolute Gasteiger partial charge is 0.222 e. The van der Waals surface area contributed by atoms with Crippen LogP contribution in [-0.4, -0.2) is 25.6 Å². The number of carbonyl (C=O) groups excluding carboxylic acids is 1. The van der Waals surface area contributed by atoms with Crippen molar-refractivity contribution in [1.29, 1.82) is 0 Å². The van der Waals surface area contributed by atoms with Crippen LogP contribution in [0.25, 0.3) is 0 Å². The summed E-state index contributed by atoms with van der Waals surface area (Å²) in [6, 6.07) is 7.69. The third-order valence-corrected chi connectivity index (χ3v) is 2.29. The van der Waals surface area contributed by atoms with Crippen molar-refractivity contribution >= 4 is 11.6 Å². The van der Waals surface area contributed by atoms with E-state index in [1.165, 1.54) is 0 Å². The molecule has 0 aliphatic carbocycles. The fourth-order valence-corrected chi connectivity index (χ4v) is 1.43. The fraction of sp³-hybridized carbons (Fsp3) is 0.357. The highest BCUT2D eigenvalue weighted by Crippen LogP contribution is 2.15. The minimum absolute atomic E-state index is 0.0216. The molecule has 0 aliphatic rings. The molecule has 98 valence electrons. The molecule has 0 unspecified atom stereocenters. The molecule has 18 heavy (non-hydrogen) atoms. The Labute approximate surface area is 108 Å². The van der Waals surface area contributed by atoms with E-state index in [2.05, 4.69) is 17.2 Å². The second kappa shape index (κ2) is 8.17. The number of benzene rings is 1. The lowest BCUT2D eigenvalue weighted by molar-refractivity contribution is -0.120. The van der Waals surface area contributed by atoms with Crippen LogP contribution in [0, 0.1) is 0 Å². The van der Waals surface area contributed by atoms with E-state index >= 15 is 0 Å². The first-order chi connectivity index (χ1) is 8.76. The van der Waals surface area contributed by atoms with Gasteiger partial charge in [0, 0.05) is 25.2 Å². The molecule has 0 atom stereocenters. The monoisotopic (exact) mass is 248 g/mol. The third-order valence-electron chi connectivity index (χ3n) is 2.29. The Hall–Kier alpha value is -1.97. The van der Waals surface area contributed by atoms with Crippen molar-refractivity contribution in [3.8, 4) is 5.75 Å². The van der Waals surface area contributed by atoms with E-state index in [4.69, 9.17) is 4.74 Å². The molecule has 0 aromatic heterocycles. The van der Waals surface area contributed by atoms with E-state index in [1.54, 1.807) is 6.08 Å². The Morgan fingerprint density at radius 2 is 2.11 bits per heavy atom. The molecule has 2 N–H and O–H groups in total. The van der Waals surface area contributed by atoms with Gasteiger partial charge in [-0.25, -0.2) is 0 Å². The van der Waals surface area contributed by atoms with Gasteiger partial charge < -0.3 is 15.4 Å². The molecule has 0 radical (unpaired) electrons. The number of ether oxygens (including phenoxy) is 1. The van der Waals surface area contributed by atoms with Crippen LogP contribution in [0.1, 0.15) is 13.3 Å². The molecule has 0 saturated carbocycles. The van der Waals surface area contributed by atoms with Gasteiger partial charge in [-0.3, -0.25) is 4.79 Å². The fourth-order valence-electron chi connectivity index (χ4n) is 1.43. The summed E-state index contributed by atoms with van der Waals surface area (Å²) in [6.07, 6.45) is 2.11. The molecular formula is C14H20N2O2. The molecule has 0 bridgehead atoms. The summed E-state index contributed by atoms with van der Waals surface area (Å²) in [4.78, 5) is 11.3. The van der Waals surface area contributed by atoms with E-state index < -0.39 is 0 Å². The summed E-state index contributed by atoms with van der Waals surface area (Å²) in [5.41, 5.74) is 0.981. The number of hydrogen-bond donors (Lipinski definition) is 2. The van der Waals surface area contributed by atoms with Crippen LogP contribution in [0.2, 0.25) is 0 Å². The van der Waals surface area contributed by atoms with Gasteiger partial charge in [0.15, 0.2) is 0 Å². The summed E-state index contributed by atoms with van der Waals surface area (Å²) in [7, 11) is 0. The maximum absolute atomic E-state index is 11.3. The molecule has 0 saturated heterocycles. The Balaban J connectivity index is 2.26. The van der Waals surface area contributed by atoms with E-state index in [0.29, 0.717) is 26.1 Å². The normalized spacial score (nSPS) is 9.61. The van der Waals surface area contributed by atoms with Crippen molar-refractivity contribution in [2.45, 2.75) is 13.3 Å². The zero-order chi connectivity index (χ0) is 13.2. The molecular weight excluding hydrogens is 228 g/mol. The van der Waals surface area contributed by atoms with Crippen molar-refractivity contribution in [3.63, 3.8) is 0 Å². The van der Waals surface area contributed by atoms with Gasteiger partial charge in [-0.05, 0) is 31.2 Å². The molecule has 0 heterocycles. The first kappa shape index (κ1) is 14.1. The first-order valence-corrected chi connectivity index (χ1v) is 6.10. The lowest BCUT2D eigenvalue weighted by Gasteiger charge is -2.08. The van der Waals surface area contributed by atoms with Crippen LogP contribution < -0.4 is 15.4 Å². The molecule has 1 aromatic carbocycles. The van der Waals surface area contributed by atoms with Gasteiger partial charge in [0.1, 0.15) is 5.75 Å². The molecule has 1 aromatic rings. The summed E-state index contributed by atoms with van der Waals surface area (Å²) < 4.78 is 5.35. The summed E-state index contributed by atoms with van der Waals surface area (Å²) in [6.45, 7) is 7.28. The second-order valence-corrected chi connectivity index (χ2v) is 3.73. The average Bonchev–Trinajstić information content (AvgIpc) is 2.39. The van der Waals surface area contributed by atoms with Gasteiger partial charge in [-0.1, -0.05) is 6.08 Å². The minimum atomic E-state index is 0.0216. The molecule has 4 heteroatoms. The van der Waals surface area contributed by atoms with Crippen molar-refractivity contribution < 1.29 is 9.53 Å². The Morgan fingerprint density at radius 1 is 1.39 bits per heavy atom. The van der Waals surface area contributed by atoms with Crippen LogP contribution in [0.15, 0.2) is 36.9 Å². The number of rotatable bonds is 8. The molecule has 0 fully saturated rings. The topological polar surface area (TPSA) is 50.4 Å². The largest absolute Gasteiger partial charge is 0.494 e. The number of hydrogen-bond acceptors (Lipinski definition) is 3. The van der Waals surface area contributed by atoms with Gasteiger partial charge >= 0.3 is 0 Å². The molecule has 0 aliphatic heterocycles. The van der Waals surface area contributed by atoms with Crippen LogP contribution >= 0.6 is 0 Å². The summed E-state index contributed by atoms with van der Waals surface area (Å²) in [5, 5.41) is 5.91. The van der Waals surface area contributed by atoms with Crippen molar-refractivity contribution in [2.24, 2.45) is 0 Å². The van der Waals surface area contributed by atoms with Gasteiger partial charge in [-0.15, -0.1) is 6.58 Å². The maximum Gasteiger partial charge on any atom is 0.222 e. The van der Waals surface area contributed by atoms with Gasteiger partial charge in [-0.2, -0.15) is 0 Å². The van der Waals surface area contributed by atoms with Crippen LogP contribution in [0.4, 0.5) is 5.69 Å². The standard InChI is InChI=1S/C14H20N2O2/c1-3-10-16-14(17)9-11-15-12-5-7-13(8-6-12)18-4-2/h3,5-8,15H,1,4,9-11H2,2H3,(H,16,17). The SMILES string of the molecule is C=CCNC(=O)CCNc1ccc(OCC)cc1. The van der Waals surface area contributed by atoms with Gasteiger partial charge in [0.2, 0.25) is 5.91 Å². The Kier molecular flexibility index (Phi) is 6.40. The maximum atomic E-state index is 11.3. The molecule has 1 rings (SSSR count). The second-order valence-electron chi connectivity index (χ2n) is 3.73. The van der Waals surface area contributed by atoms with Gasteiger partial charge in [0.05, 0.1) is 6.61 Å². The summed E-state index contributed by atoms with van der Waals surface area (Å²) >= 11 is 0. The molecule has 0 spiro atoms. The van der Waals surface area contributed by atoms with Crippen LogP contribution in [0.5, 0.6) is 5.75 Å². The third kappa shape index (κ3) is 5.39.